The second-order valence-electron chi connectivity index (χ2n) is 7.65. The molecule has 0 radical (unpaired) electrons. The van der Waals surface area contributed by atoms with Crippen LogP contribution in [0.4, 0.5) is 0 Å². The van der Waals surface area contributed by atoms with Crippen LogP contribution in [0.2, 0.25) is 0 Å². The van der Waals surface area contributed by atoms with Crippen molar-refractivity contribution in [2.45, 2.75) is 51.6 Å². The van der Waals surface area contributed by atoms with Crippen molar-refractivity contribution in [2.75, 3.05) is 6.54 Å². The quantitative estimate of drug-likeness (QED) is 0.640. The number of nitrogens with zero attached hydrogens (tertiary/aromatic N) is 1. The van der Waals surface area contributed by atoms with E-state index in [2.05, 4.69) is 32.9 Å². The molecule has 5 heteroatoms. The molecule has 2 rings (SSSR count). The minimum atomic E-state index is -1.51. The summed E-state index contributed by atoms with van der Waals surface area (Å²) in [4.78, 5) is 22.7. The minimum Gasteiger partial charge on any atom is -0.379 e. The van der Waals surface area contributed by atoms with Crippen LogP contribution in [0.3, 0.4) is 0 Å². The molecule has 1 aromatic carbocycles. The predicted octanol–water partition coefficient (Wildman–Crippen LogP) is 3.22. The second kappa shape index (κ2) is 7.43. The third-order valence-electron chi connectivity index (χ3n) is 5.57. The van der Waals surface area contributed by atoms with Gasteiger partial charge >= 0.3 is 0 Å². The molecule has 5 nitrogen and oxygen atoms in total. The lowest BCUT2D eigenvalue weighted by Gasteiger charge is -2.44. The number of aliphatic hydroxyl groups excluding tert-OH is 1. The first kappa shape index (κ1) is 18.6. The number of Topliss-reactive ketones (excluding diaryl/α,β-unsaturated/α-hetero) is 1. The van der Waals surface area contributed by atoms with E-state index in [-0.39, 0.29) is 23.0 Å². The van der Waals surface area contributed by atoms with E-state index in [0.717, 1.165) is 18.4 Å². The molecule has 4 atom stereocenters. The van der Waals surface area contributed by atoms with Crippen LogP contribution in [-0.2, 0) is 10.2 Å². The Bertz CT molecular complexity index is 584. The summed E-state index contributed by atoms with van der Waals surface area (Å²) in [6.07, 6.45) is 1.11. The van der Waals surface area contributed by atoms with E-state index in [1.807, 2.05) is 18.2 Å². The van der Waals surface area contributed by atoms with Crippen molar-refractivity contribution >= 4 is 5.78 Å². The molecule has 1 aliphatic carbocycles. The van der Waals surface area contributed by atoms with Crippen molar-refractivity contribution in [3.63, 3.8) is 0 Å². The van der Waals surface area contributed by atoms with E-state index in [1.54, 1.807) is 0 Å². The lowest BCUT2D eigenvalue weighted by molar-refractivity contribution is -0.487. The monoisotopic (exact) mass is 333 g/mol. The Hall–Kier alpha value is -1.75. The zero-order valence-corrected chi connectivity index (χ0v) is 14.6. The van der Waals surface area contributed by atoms with Crippen LogP contribution in [-0.4, -0.2) is 28.5 Å². The van der Waals surface area contributed by atoms with Gasteiger partial charge in [0.15, 0.2) is 11.9 Å². The third kappa shape index (κ3) is 4.01. The predicted molar refractivity (Wildman–Crippen MR) is 92.3 cm³/mol. The SMILES string of the molecule is C[C@@H]1CC[C@H](C(C)(C)c2ccccc2)[C@H](C(=O)[C@@H](O)C[N+](=O)[O-])C1. The lowest BCUT2D eigenvalue weighted by Crippen LogP contribution is -2.45. The van der Waals surface area contributed by atoms with Gasteiger partial charge in [-0.05, 0) is 35.7 Å². The first-order valence-electron chi connectivity index (χ1n) is 8.62. The van der Waals surface area contributed by atoms with Gasteiger partial charge in [-0.3, -0.25) is 14.9 Å². The largest absolute Gasteiger partial charge is 0.379 e. The molecule has 0 aromatic heterocycles. The molecule has 1 aliphatic rings. The van der Waals surface area contributed by atoms with Crippen LogP contribution < -0.4 is 0 Å². The van der Waals surface area contributed by atoms with Crippen LogP contribution in [0.15, 0.2) is 30.3 Å². The molecule has 0 heterocycles. The average Bonchev–Trinajstić information content (AvgIpc) is 2.54. The Labute approximate surface area is 143 Å². The fourth-order valence-electron chi connectivity index (χ4n) is 4.12. The summed E-state index contributed by atoms with van der Waals surface area (Å²) in [7, 11) is 0. The normalized spacial score (nSPS) is 25.9. The summed E-state index contributed by atoms with van der Waals surface area (Å²) in [5.41, 5.74) is 0.932. The molecule has 1 saturated carbocycles. The maximum absolute atomic E-state index is 12.7. The average molecular weight is 333 g/mol. The van der Waals surface area contributed by atoms with Crippen LogP contribution in [0, 0.1) is 27.9 Å². The molecule has 0 bridgehead atoms. The molecule has 1 aromatic rings. The van der Waals surface area contributed by atoms with Gasteiger partial charge in [-0.25, -0.2) is 0 Å². The van der Waals surface area contributed by atoms with Crippen molar-refractivity contribution in [3.8, 4) is 0 Å². The molecule has 0 unspecified atom stereocenters. The zero-order valence-electron chi connectivity index (χ0n) is 14.6. The highest BCUT2D eigenvalue weighted by Crippen LogP contribution is 2.46. The lowest BCUT2D eigenvalue weighted by atomic mass is 9.60. The molecule has 0 spiro atoms. The van der Waals surface area contributed by atoms with E-state index in [1.165, 1.54) is 0 Å². The first-order valence-corrected chi connectivity index (χ1v) is 8.62. The number of ketones is 1. The van der Waals surface area contributed by atoms with E-state index in [4.69, 9.17) is 0 Å². The van der Waals surface area contributed by atoms with Gasteiger partial charge in [0.05, 0.1) is 0 Å². The molecular formula is C19H27NO4. The van der Waals surface area contributed by atoms with Crippen molar-refractivity contribution in [2.24, 2.45) is 17.8 Å². The van der Waals surface area contributed by atoms with Gasteiger partial charge in [-0.15, -0.1) is 0 Å². The van der Waals surface area contributed by atoms with E-state index < -0.39 is 17.6 Å². The Morgan fingerprint density at radius 2 is 1.96 bits per heavy atom. The maximum atomic E-state index is 12.7. The number of benzene rings is 1. The summed E-state index contributed by atoms with van der Waals surface area (Å²) < 4.78 is 0. The van der Waals surface area contributed by atoms with Gasteiger partial charge in [0.25, 0.3) is 0 Å². The molecule has 1 fully saturated rings. The minimum absolute atomic E-state index is 0.0741. The van der Waals surface area contributed by atoms with E-state index in [0.29, 0.717) is 12.3 Å². The van der Waals surface area contributed by atoms with E-state index >= 15 is 0 Å². The van der Waals surface area contributed by atoms with Gasteiger partial charge in [0, 0.05) is 10.8 Å². The van der Waals surface area contributed by atoms with Gasteiger partial charge in [0.2, 0.25) is 6.54 Å². The molecular weight excluding hydrogens is 306 g/mol. The summed E-state index contributed by atoms with van der Waals surface area (Å²) >= 11 is 0. The topological polar surface area (TPSA) is 80.4 Å². The summed E-state index contributed by atoms with van der Waals surface area (Å²) in [6, 6.07) is 10.1. The van der Waals surface area contributed by atoms with Gasteiger partial charge in [-0.1, -0.05) is 57.5 Å². The van der Waals surface area contributed by atoms with Gasteiger partial charge < -0.3 is 5.11 Å². The van der Waals surface area contributed by atoms with Crippen molar-refractivity contribution in [3.05, 3.63) is 46.0 Å². The zero-order chi connectivity index (χ0) is 17.9. The van der Waals surface area contributed by atoms with Crippen LogP contribution in [0.5, 0.6) is 0 Å². The smallest absolute Gasteiger partial charge is 0.236 e. The Morgan fingerprint density at radius 1 is 1.33 bits per heavy atom. The van der Waals surface area contributed by atoms with Crippen LogP contribution in [0.1, 0.15) is 45.6 Å². The molecule has 0 saturated heterocycles. The fourth-order valence-corrected chi connectivity index (χ4v) is 4.12. The number of carbonyl (C=O) groups excluding carboxylic acids is 1. The Balaban J connectivity index is 2.28. The molecule has 0 amide bonds. The maximum Gasteiger partial charge on any atom is 0.236 e. The standard InChI is InChI=1S/C19H27NO4/c1-13-9-10-16(19(2,3)14-7-5-4-6-8-14)15(11-13)18(22)17(21)12-20(23)24/h4-8,13,15-17,21H,9-12H2,1-3H3/t13-,15-,16+,17+/m1/s1. The van der Waals surface area contributed by atoms with Gasteiger partial charge in [0.1, 0.15) is 0 Å². The summed E-state index contributed by atoms with van der Waals surface area (Å²) in [5, 5.41) is 20.6. The highest BCUT2D eigenvalue weighted by molar-refractivity contribution is 5.85. The third-order valence-corrected chi connectivity index (χ3v) is 5.57. The highest BCUT2D eigenvalue weighted by atomic mass is 16.6. The second-order valence-corrected chi connectivity index (χ2v) is 7.65. The summed E-state index contributed by atoms with van der Waals surface area (Å²) in [6.45, 7) is 5.65. The fraction of sp³-hybridized carbons (Fsp3) is 0.632. The van der Waals surface area contributed by atoms with Crippen LogP contribution >= 0.6 is 0 Å². The van der Waals surface area contributed by atoms with Gasteiger partial charge in [-0.2, -0.15) is 0 Å². The highest BCUT2D eigenvalue weighted by Gasteiger charge is 2.44. The summed E-state index contributed by atoms with van der Waals surface area (Å²) in [5.74, 6) is -0.235. The van der Waals surface area contributed by atoms with Crippen molar-refractivity contribution in [1.29, 1.82) is 0 Å². The molecule has 24 heavy (non-hydrogen) atoms. The van der Waals surface area contributed by atoms with Crippen LogP contribution in [0.25, 0.3) is 0 Å². The first-order chi connectivity index (χ1) is 11.2. The number of hydrogen-bond acceptors (Lipinski definition) is 4. The molecule has 132 valence electrons. The number of carbonyl (C=O) groups is 1. The number of rotatable bonds is 6. The van der Waals surface area contributed by atoms with Crippen molar-refractivity contribution in [1.82, 2.24) is 0 Å². The van der Waals surface area contributed by atoms with Crippen molar-refractivity contribution < 1.29 is 14.8 Å². The Morgan fingerprint density at radius 3 is 2.54 bits per heavy atom. The molecule has 0 aliphatic heterocycles. The molecule has 1 N–H and O–H groups in total. The number of nitro groups is 1. The number of aliphatic hydroxyl groups is 1. The van der Waals surface area contributed by atoms with E-state index in [9.17, 15) is 20.0 Å². The Kier molecular flexibility index (Phi) is 5.75. The number of hydrogen-bond donors (Lipinski definition) is 1.